The van der Waals surface area contributed by atoms with E-state index in [1.807, 2.05) is 6.92 Å². The van der Waals surface area contributed by atoms with E-state index in [0.29, 0.717) is 18.1 Å². The smallest absolute Gasteiger partial charge is 0.289 e. The third-order valence-corrected chi connectivity index (χ3v) is 6.34. The number of nitrogens with zero attached hydrogens (tertiary/aromatic N) is 2. The number of carbonyl (C=O) groups excluding carboxylic acids is 1. The molecule has 0 spiro atoms. The maximum atomic E-state index is 12.7. The lowest BCUT2D eigenvalue weighted by atomic mass is 10.2. The Morgan fingerprint density at radius 2 is 1.88 bits per heavy atom. The number of aryl methyl sites for hydroxylation is 1. The molecule has 1 amide bonds. The summed E-state index contributed by atoms with van der Waals surface area (Å²) in [6, 6.07) is 7.95. The molecule has 1 aromatic carbocycles. The molecule has 0 bridgehead atoms. The number of rotatable bonds is 3. The average molecular weight is 369 g/mol. The van der Waals surface area contributed by atoms with Crippen molar-refractivity contribution >= 4 is 27.5 Å². The minimum absolute atomic E-state index is 0.170. The highest BCUT2D eigenvalue weighted by atomic mass is 35.5. The fourth-order valence-corrected chi connectivity index (χ4v) is 4.26. The Kier molecular flexibility index (Phi) is 4.67. The Bertz CT molecular complexity index is 841. The number of amides is 1. The van der Waals surface area contributed by atoms with E-state index in [9.17, 15) is 13.2 Å². The van der Waals surface area contributed by atoms with E-state index in [-0.39, 0.29) is 29.7 Å². The molecule has 6 nitrogen and oxygen atoms in total. The lowest BCUT2D eigenvalue weighted by Crippen LogP contribution is -2.50. The zero-order valence-corrected chi connectivity index (χ0v) is 14.7. The fraction of sp³-hybridized carbons (Fsp3) is 0.312. The second kappa shape index (κ2) is 6.58. The van der Waals surface area contributed by atoms with Crippen LogP contribution in [-0.2, 0) is 10.0 Å². The number of furan rings is 1. The summed E-state index contributed by atoms with van der Waals surface area (Å²) < 4.78 is 31.9. The summed E-state index contributed by atoms with van der Waals surface area (Å²) in [5, 5.41) is 0.419. The van der Waals surface area contributed by atoms with Gasteiger partial charge in [0.25, 0.3) is 5.91 Å². The van der Waals surface area contributed by atoms with Gasteiger partial charge in [-0.15, -0.1) is 0 Å². The van der Waals surface area contributed by atoms with Crippen LogP contribution >= 0.6 is 11.6 Å². The predicted molar refractivity (Wildman–Crippen MR) is 89.6 cm³/mol. The van der Waals surface area contributed by atoms with Crippen LogP contribution in [0.25, 0.3) is 0 Å². The SMILES string of the molecule is Cc1ccc(S(=O)(=O)N2CCN(C(=O)c3ccco3)CC2)cc1Cl. The molecule has 0 unspecified atom stereocenters. The summed E-state index contributed by atoms with van der Waals surface area (Å²) >= 11 is 6.03. The summed E-state index contributed by atoms with van der Waals surface area (Å²) in [7, 11) is -3.62. The Hall–Kier alpha value is -1.83. The lowest BCUT2D eigenvalue weighted by molar-refractivity contribution is 0.0666. The third kappa shape index (κ3) is 3.19. The van der Waals surface area contributed by atoms with Crippen LogP contribution in [0.1, 0.15) is 16.1 Å². The van der Waals surface area contributed by atoms with Crippen molar-refractivity contribution < 1.29 is 17.6 Å². The van der Waals surface area contributed by atoms with Crippen LogP contribution < -0.4 is 0 Å². The van der Waals surface area contributed by atoms with Crippen LogP contribution in [0.3, 0.4) is 0 Å². The Morgan fingerprint density at radius 3 is 2.46 bits per heavy atom. The number of sulfonamides is 1. The second-order valence-electron chi connectivity index (χ2n) is 5.58. The Balaban J connectivity index is 1.71. The number of halogens is 1. The average Bonchev–Trinajstić information content (AvgIpc) is 3.11. The van der Waals surface area contributed by atoms with Gasteiger partial charge < -0.3 is 9.32 Å². The molecule has 1 aliphatic rings. The van der Waals surface area contributed by atoms with E-state index in [1.165, 1.54) is 16.6 Å². The topological polar surface area (TPSA) is 70.8 Å². The first-order chi connectivity index (χ1) is 11.4. The molecule has 1 aliphatic heterocycles. The summed E-state index contributed by atoms with van der Waals surface area (Å²) in [5.74, 6) is 0.0343. The van der Waals surface area contributed by atoms with Crippen molar-refractivity contribution in [2.45, 2.75) is 11.8 Å². The minimum atomic E-state index is -3.62. The van der Waals surface area contributed by atoms with Crippen LogP contribution in [0, 0.1) is 6.92 Å². The monoisotopic (exact) mass is 368 g/mol. The first-order valence-electron chi connectivity index (χ1n) is 7.48. The summed E-state index contributed by atoms with van der Waals surface area (Å²) in [6.45, 7) is 2.93. The van der Waals surface area contributed by atoms with Crippen molar-refractivity contribution in [3.05, 3.63) is 52.9 Å². The molecule has 8 heteroatoms. The molecule has 0 radical (unpaired) electrons. The van der Waals surface area contributed by atoms with Crippen LogP contribution in [0.15, 0.2) is 45.9 Å². The largest absolute Gasteiger partial charge is 0.459 e. The van der Waals surface area contributed by atoms with Crippen molar-refractivity contribution in [2.24, 2.45) is 0 Å². The zero-order valence-electron chi connectivity index (χ0n) is 13.1. The van der Waals surface area contributed by atoms with E-state index < -0.39 is 10.0 Å². The highest BCUT2D eigenvalue weighted by molar-refractivity contribution is 7.89. The van der Waals surface area contributed by atoms with Crippen LogP contribution in [0.2, 0.25) is 5.02 Å². The summed E-state index contributed by atoms with van der Waals surface area (Å²) in [5.41, 5.74) is 0.824. The van der Waals surface area contributed by atoms with E-state index >= 15 is 0 Å². The van der Waals surface area contributed by atoms with Gasteiger partial charge in [-0.05, 0) is 36.8 Å². The maximum absolute atomic E-state index is 12.7. The van der Waals surface area contributed by atoms with E-state index in [1.54, 1.807) is 29.2 Å². The van der Waals surface area contributed by atoms with Gasteiger partial charge in [0.2, 0.25) is 10.0 Å². The van der Waals surface area contributed by atoms with Crippen LogP contribution in [0.4, 0.5) is 0 Å². The number of hydrogen-bond donors (Lipinski definition) is 0. The van der Waals surface area contributed by atoms with Gasteiger partial charge in [-0.25, -0.2) is 8.42 Å². The molecule has 1 saturated heterocycles. The fourth-order valence-electron chi connectivity index (χ4n) is 2.57. The first-order valence-corrected chi connectivity index (χ1v) is 9.30. The first kappa shape index (κ1) is 17.0. The number of benzene rings is 1. The molecular weight excluding hydrogens is 352 g/mol. The second-order valence-corrected chi connectivity index (χ2v) is 7.93. The summed E-state index contributed by atoms with van der Waals surface area (Å²) in [4.78, 5) is 14.0. The van der Waals surface area contributed by atoms with Gasteiger partial charge in [-0.3, -0.25) is 4.79 Å². The van der Waals surface area contributed by atoms with Gasteiger partial charge in [0.15, 0.2) is 5.76 Å². The molecule has 2 heterocycles. The van der Waals surface area contributed by atoms with Gasteiger partial charge in [0.05, 0.1) is 11.2 Å². The predicted octanol–water partition coefficient (Wildman–Crippen LogP) is 2.39. The van der Waals surface area contributed by atoms with Crippen LogP contribution in [0.5, 0.6) is 0 Å². The zero-order chi connectivity index (χ0) is 17.3. The number of hydrogen-bond acceptors (Lipinski definition) is 4. The van der Waals surface area contributed by atoms with Crippen molar-refractivity contribution in [1.29, 1.82) is 0 Å². The molecule has 0 atom stereocenters. The van der Waals surface area contributed by atoms with E-state index in [0.717, 1.165) is 5.56 Å². The molecule has 128 valence electrons. The quantitative estimate of drug-likeness (QED) is 0.834. The Morgan fingerprint density at radius 1 is 1.17 bits per heavy atom. The van der Waals surface area contributed by atoms with Gasteiger partial charge in [-0.2, -0.15) is 4.31 Å². The molecule has 24 heavy (non-hydrogen) atoms. The number of carbonyl (C=O) groups is 1. The third-order valence-electron chi connectivity index (χ3n) is 4.04. The van der Waals surface area contributed by atoms with Crippen molar-refractivity contribution in [2.75, 3.05) is 26.2 Å². The standard InChI is InChI=1S/C16H17ClN2O4S/c1-12-4-5-13(11-14(12)17)24(21,22)19-8-6-18(7-9-19)16(20)15-3-2-10-23-15/h2-5,10-11H,6-9H2,1H3. The number of piperazine rings is 1. The van der Waals surface area contributed by atoms with Gasteiger partial charge in [0.1, 0.15) is 0 Å². The molecular formula is C16H17ClN2O4S. The van der Waals surface area contributed by atoms with Crippen molar-refractivity contribution in [1.82, 2.24) is 9.21 Å². The van der Waals surface area contributed by atoms with Crippen LogP contribution in [-0.4, -0.2) is 49.7 Å². The van der Waals surface area contributed by atoms with Gasteiger partial charge in [-0.1, -0.05) is 17.7 Å². The highest BCUT2D eigenvalue weighted by Crippen LogP contribution is 2.23. The molecule has 0 saturated carbocycles. The van der Waals surface area contributed by atoms with Gasteiger partial charge in [0, 0.05) is 31.2 Å². The maximum Gasteiger partial charge on any atom is 0.289 e. The molecule has 3 rings (SSSR count). The lowest BCUT2D eigenvalue weighted by Gasteiger charge is -2.33. The summed E-state index contributed by atoms with van der Waals surface area (Å²) in [6.07, 6.45) is 1.44. The van der Waals surface area contributed by atoms with Crippen molar-refractivity contribution in [3.63, 3.8) is 0 Å². The molecule has 1 fully saturated rings. The highest BCUT2D eigenvalue weighted by Gasteiger charge is 2.31. The minimum Gasteiger partial charge on any atom is -0.459 e. The Labute approximate surface area is 145 Å². The van der Waals surface area contributed by atoms with Crippen molar-refractivity contribution in [3.8, 4) is 0 Å². The van der Waals surface area contributed by atoms with E-state index in [4.69, 9.17) is 16.0 Å². The molecule has 0 aliphatic carbocycles. The van der Waals surface area contributed by atoms with Gasteiger partial charge >= 0.3 is 0 Å². The molecule has 1 aromatic heterocycles. The van der Waals surface area contributed by atoms with E-state index in [2.05, 4.69) is 0 Å². The molecule has 0 N–H and O–H groups in total. The normalized spacial score (nSPS) is 16.3. The molecule has 2 aromatic rings.